The molecule has 6 nitrogen and oxygen atoms in total. The SMILES string of the molecule is CC(CNC(C)C)Cn1ncc(N2CCOCC2)cc1=O. The Balaban J connectivity index is 1.97. The van der Waals surface area contributed by atoms with Crippen molar-refractivity contribution in [3.05, 3.63) is 22.6 Å². The van der Waals surface area contributed by atoms with Crippen LogP contribution in [0.5, 0.6) is 0 Å². The van der Waals surface area contributed by atoms with Crippen molar-refractivity contribution >= 4 is 5.69 Å². The molecule has 0 aromatic carbocycles. The van der Waals surface area contributed by atoms with Gasteiger partial charge in [-0.1, -0.05) is 20.8 Å². The summed E-state index contributed by atoms with van der Waals surface area (Å²) in [6, 6.07) is 2.14. The zero-order chi connectivity index (χ0) is 15.2. The number of nitrogens with one attached hydrogen (secondary N) is 1. The molecule has 1 aliphatic heterocycles. The zero-order valence-electron chi connectivity index (χ0n) is 13.2. The van der Waals surface area contributed by atoms with E-state index in [4.69, 9.17) is 4.74 Å². The van der Waals surface area contributed by atoms with Crippen LogP contribution in [0.1, 0.15) is 20.8 Å². The molecule has 1 fully saturated rings. The van der Waals surface area contributed by atoms with Crippen LogP contribution in [0.15, 0.2) is 17.1 Å². The van der Waals surface area contributed by atoms with E-state index in [1.807, 2.05) is 0 Å². The molecule has 1 unspecified atom stereocenters. The molecule has 1 saturated heterocycles. The fraction of sp³-hybridized carbons (Fsp3) is 0.733. The van der Waals surface area contributed by atoms with Crippen LogP contribution in [-0.2, 0) is 11.3 Å². The van der Waals surface area contributed by atoms with Crippen LogP contribution in [-0.4, -0.2) is 48.7 Å². The molecule has 118 valence electrons. The molecule has 0 saturated carbocycles. The smallest absolute Gasteiger partial charge is 0.268 e. The maximum absolute atomic E-state index is 12.2. The molecule has 0 aliphatic carbocycles. The molecule has 21 heavy (non-hydrogen) atoms. The van der Waals surface area contributed by atoms with E-state index in [0.29, 0.717) is 31.7 Å². The average Bonchev–Trinajstić information content (AvgIpc) is 2.48. The fourth-order valence-corrected chi connectivity index (χ4v) is 2.35. The Morgan fingerprint density at radius 1 is 1.33 bits per heavy atom. The minimum Gasteiger partial charge on any atom is -0.378 e. The van der Waals surface area contributed by atoms with Crippen molar-refractivity contribution in [1.82, 2.24) is 15.1 Å². The van der Waals surface area contributed by atoms with Crippen LogP contribution in [0, 0.1) is 5.92 Å². The third-order valence-electron chi connectivity index (χ3n) is 3.59. The first-order chi connectivity index (χ1) is 10.1. The Labute approximate surface area is 126 Å². The van der Waals surface area contributed by atoms with Crippen molar-refractivity contribution in [3.8, 4) is 0 Å². The summed E-state index contributed by atoms with van der Waals surface area (Å²) in [4.78, 5) is 14.3. The molecule has 2 rings (SSSR count). The predicted molar refractivity (Wildman–Crippen MR) is 83.8 cm³/mol. The van der Waals surface area contributed by atoms with Crippen LogP contribution < -0.4 is 15.8 Å². The third-order valence-corrected chi connectivity index (χ3v) is 3.59. The lowest BCUT2D eigenvalue weighted by molar-refractivity contribution is 0.122. The van der Waals surface area contributed by atoms with E-state index in [-0.39, 0.29) is 5.56 Å². The quantitative estimate of drug-likeness (QED) is 0.837. The molecule has 0 amide bonds. The first kappa shape index (κ1) is 16.0. The van der Waals surface area contributed by atoms with Gasteiger partial charge in [0.05, 0.1) is 25.1 Å². The van der Waals surface area contributed by atoms with Gasteiger partial charge in [0, 0.05) is 31.7 Å². The Morgan fingerprint density at radius 3 is 2.67 bits per heavy atom. The predicted octanol–water partition coefficient (Wildman–Crippen LogP) is 0.714. The number of hydrogen-bond donors (Lipinski definition) is 1. The minimum atomic E-state index is -0.0320. The lowest BCUT2D eigenvalue weighted by Crippen LogP contribution is -2.38. The molecule has 2 heterocycles. The highest BCUT2D eigenvalue weighted by molar-refractivity contribution is 5.43. The van der Waals surface area contributed by atoms with Crippen molar-refractivity contribution in [2.24, 2.45) is 5.92 Å². The monoisotopic (exact) mass is 294 g/mol. The van der Waals surface area contributed by atoms with Gasteiger partial charge in [-0.25, -0.2) is 4.68 Å². The van der Waals surface area contributed by atoms with Crippen LogP contribution in [0.4, 0.5) is 5.69 Å². The van der Waals surface area contributed by atoms with E-state index in [9.17, 15) is 4.79 Å². The first-order valence-electron chi connectivity index (χ1n) is 7.69. The van der Waals surface area contributed by atoms with Gasteiger partial charge in [-0.2, -0.15) is 5.10 Å². The van der Waals surface area contributed by atoms with Gasteiger partial charge in [-0.3, -0.25) is 4.79 Å². The summed E-state index contributed by atoms with van der Waals surface area (Å²) in [6.07, 6.45) is 1.79. The molecule has 1 atom stereocenters. The number of nitrogens with zero attached hydrogens (tertiary/aromatic N) is 3. The number of aromatic nitrogens is 2. The van der Waals surface area contributed by atoms with E-state index in [1.54, 1.807) is 16.9 Å². The Kier molecular flexibility index (Phi) is 5.76. The maximum atomic E-state index is 12.2. The summed E-state index contributed by atoms with van der Waals surface area (Å²) < 4.78 is 6.87. The number of morpholine rings is 1. The van der Waals surface area contributed by atoms with Gasteiger partial charge in [0.2, 0.25) is 0 Å². The lowest BCUT2D eigenvalue weighted by Gasteiger charge is -2.28. The summed E-state index contributed by atoms with van der Waals surface area (Å²) in [6.45, 7) is 10.9. The largest absolute Gasteiger partial charge is 0.378 e. The van der Waals surface area contributed by atoms with Crippen molar-refractivity contribution in [2.45, 2.75) is 33.4 Å². The molecule has 0 bridgehead atoms. The van der Waals surface area contributed by atoms with Crippen molar-refractivity contribution in [2.75, 3.05) is 37.7 Å². The summed E-state index contributed by atoms with van der Waals surface area (Å²) >= 11 is 0. The topological polar surface area (TPSA) is 59.4 Å². The molecular weight excluding hydrogens is 268 g/mol. The lowest BCUT2D eigenvalue weighted by atomic mass is 10.1. The van der Waals surface area contributed by atoms with Crippen LogP contribution >= 0.6 is 0 Å². The zero-order valence-corrected chi connectivity index (χ0v) is 13.2. The molecule has 0 radical (unpaired) electrons. The molecule has 0 spiro atoms. The number of anilines is 1. The molecule has 1 aromatic heterocycles. The molecule has 6 heteroatoms. The van der Waals surface area contributed by atoms with Gasteiger partial charge in [0.15, 0.2) is 0 Å². The second-order valence-electron chi connectivity index (χ2n) is 6.00. The van der Waals surface area contributed by atoms with E-state index in [0.717, 1.165) is 25.3 Å². The summed E-state index contributed by atoms with van der Waals surface area (Å²) in [5.41, 5.74) is 0.864. The highest BCUT2D eigenvalue weighted by Crippen LogP contribution is 2.11. The number of rotatable bonds is 6. The summed E-state index contributed by atoms with van der Waals surface area (Å²) in [5, 5.41) is 7.70. The van der Waals surface area contributed by atoms with E-state index >= 15 is 0 Å². The van der Waals surface area contributed by atoms with E-state index in [1.165, 1.54) is 0 Å². The van der Waals surface area contributed by atoms with E-state index < -0.39 is 0 Å². The van der Waals surface area contributed by atoms with Crippen molar-refractivity contribution in [1.29, 1.82) is 0 Å². The number of hydrogen-bond acceptors (Lipinski definition) is 5. The third kappa shape index (κ3) is 4.82. The highest BCUT2D eigenvalue weighted by Gasteiger charge is 2.13. The summed E-state index contributed by atoms with van der Waals surface area (Å²) in [5.74, 6) is 0.367. The van der Waals surface area contributed by atoms with Gasteiger partial charge in [0.25, 0.3) is 5.56 Å². The molecule has 1 aromatic rings. The van der Waals surface area contributed by atoms with Gasteiger partial charge >= 0.3 is 0 Å². The summed E-state index contributed by atoms with van der Waals surface area (Å²) in [7, 11) is 0. The standard InChI is InChI=1S/C15H26N4O2/c1-12(2)16-9-13(3)11-19-15(20)8-14(10-17-19)18-4-6-21-7-5-18/h8,10,12-13,16H,4-7,9,11H2,1-3H3. The Bertz CT molecular complexity index is 495. The highest BCUT2D eigenvalue weighted by atomic mass is 16.5. The second-order valence-corrected chi connectivity index (χ2v) is 6.00. The van der Waals surface area contributed by atoms with Gasteiger partial charge in [-0.05, 0) is 12.5 Å². The second kappa shape index (κ2) is 7.56. The maximum Gasteiger partial charge on any atom is 0.268 e. The normalized spacial score (nSPS) is 17.2. The Hall–Kier alpha value is -1.40. The number of ether oxygens (including phenoxy) is 1. The van der Waals surface area contributed by atoms with Crippen LogP contribution in [0.3, 0.4) is 0 Å². The van der Waals surface area contributed by atoms with Gasteiger partial charge < -0.3 is 15.0 Å². The average molecular weight is 294 g/mol. The van der Waals surface area contributed by atoms with Crippen LogP contribution in [0.25, 0.3) is 0 Å². The fourth-order valence-electron chi connectivity index (χ4n) is 2.35. The minimum absolute atomic E-state index is 0.0320. The molecule has 1 N–H and O–H groups in total. The molecule has 1 aliphatic rings. The van der Waals surface area contributed by atoms with Crippen molar-refractivity contribution in [3.63, 3.8) is 0 Å². The Morgan fingerprint density at radius 2 is 2.05 bits per heavy atom. The van der Waals surface area contributed by atoms with Crippen LogP contribution in [0.2, 0.25) is 0 Å². The van der Waals surface area contributed by atoms with Gasteiger partial charge in [0.1, 0.15) is 0 Å². The van der Waals surface area contributed by atoms with Gasteiger partial charge in [-0.15, -0.1) is 0 Å². The van der Waals surface area contributed by atoms with Crippen molar-refractivity contribution < 1.29 is 4.74 Å². The molecular formula is C15H26N4O2. The first-order valence-corrected chi connectivity index (χ1v) is 7.69. The van der Waals surface area contributed by atoms with E-state index in [2.05, 4.69) is 36.1 Å².